The standard InChI is InChI=1S/C46H69N3O8/c1-5-6-7-8-9-10-11-12-13-14-15-16-17-29-42(51)48-40(44(54)57-46(2,3)4)30-31-41(50)47-32-23-22-28-39(43(52)53)49-45(55)56-33-38-36-26-20-18-24-34(36)35-25-19-21-27-37(35)38/h18-21,24-27,38-40H,5-17,22-23,28-33H2,1-4H3,(H,47,50)(H,48,51)(H,49,55)(H,52,53)/t39-,40+/m0/s1. The van der Waals surface area contributed by atoms with Crippen LogP contribution in [0.3, 0.4) is 0 Å². The van der Waals surface area contributed by atoms with Crippen LogP contribution in [0.5, 0.6) is 0 Å². The van der Waals surface area contributed by atoms with Gasteiger partial charge in [-0.2, -0.15) is 0 Å². The molecule has 2 aromatic carbocycles. The Kier molecular flexibility index (Phi) is 21.2. The number of carboxylic acid groups (broad SMARTS) is 1. The van der Waals surface area contributed by atoms with Crippen molar-refractivity contribution in [2.45, 2.75) is 173 Å². The summed E-state index contributed by atoms with van der Waals surface area (Å²) in [4.78, 5) is 63.0. The van der Waals surface area contributed by atoms with Crippen molar-refractivity contribution in [2.75, 3.05) is 13.2 Å². The Hall–Kier alpha value is -4.41. The zero-order valence-electron chi connectivity index (χ0n) is 35.0. The summed E-state index contributed by atoms with van der Waals surface area (Å²) < 4.78 is 11.1. The maximum absolute atomic E-state index is 12.9. The number of nitrogens with one attached hydrogen (secondary N) is 3. The average Bonchev–Trinajstić information content (AvgIpc) is 3.49. The summed E-state index contributed by atoms with van der Waals surface area (Å²) in [7, 11) is 0. The van der Waals surface area contributed by atoms with Crippen molar-refractivity contribution in [3.8, 4) is 11.1 Å². The Labute approximate surface area is 340 Å². The Bertz CT molecular complexity index is 1510. The van der Waals surface area contributed by atoms with Gasteiger partial charge in [0.05, 0.1) is 0 Å². The van der Waals surface area contributed by atoms with Crippen LogP contribution in [-0.2, 0) is 28.7 Å². The Balaban J connectivity index is 1.31. The Morgan fingerprint density at radius 2 is 1.19 bits per heavy atom. The van der Waals surface area contributed by atoms with Crippen LogP contribution in [-0.4, -0.2) is 65.8 Å². The second kappa shape index (κ2) is 25.8. The molecule has 0 aliphatic heterocycles. The first-order chi connectivity index (χ1) is 27.4. The molecule has 0 radical (unpaired) electrons. The van der Waals surface area contributed by atoms with Crippen molar-refractivity contribution < 1.29 is 38.6 Å². The number of rotatable bonds is 28. The van der Waals surface area contributed by atoms with Crippen molar-refractivity contribution in [1.82, 2.24) is 16.0 Å². The molecule has 3 rings (SSSR count). The number of carbonyl (C=O) groups excluding carboxylic acids is 4. The zero-order valence-corrected chi connectivity index (χ0v) is 35.0. The maximum atomic E-state index is 12.9. The van der Waals surface area contributed by atoms with Gasteiger partial charge in [-0.3, -0.25) is 9.59 Å². The van der Waals surface area contributed by atoms with Gasteiger partial charge in [0.15, 0.2) is 0 Å². The lowest BCUT2D eigenvalue weighted by atomic mass is 9.98. The number of hydrogen-bond donors (Lipinski definition) is 4. The largest absolute Gasteiger partial charge is 0.480 e. The zero-order chi connectivity index (χ0) is 41.5. The molecule has 0 heterocycles. The smallest absolute Gasteiger partial charge is 0.407 e. The summed E-state index contributed by atoms with van der Waals surface area (Å²) >= 11 is 0. The van der Waals surface area contributed by atoms with E-state index in [-0.39, 0.29) is 43.6 Å². The highest BCUT2D eigenvalue weighted by Gasteiger charge is 2.30. The summed E-state index contributed by atoms with van der Waals surface area (Å²) in [6, 6.07) is 13.9. The summed E-state index contributed by atoms with van der Waals surface area (Å²) in [6.45, 7) is 7.88. The van der Waals surface area contributed by atoms with Crippen LogP contribution >= 0.6 is 0 Å². The number of ether oxygens (including phenoxy) is 2. The highest BCUT2D eigenvalue weighted by atomic mass is 16.6. The lowest BCUT2D eigenvalue weighted by Crippen LogP contribution is -2.44. The fourth-order valence-electron chi connectivity index (χ4n) is 7.30. The van der Waals surface area contributed by atoms with Gasteiger partial charge in [0.1, 0.15) is 24.3 Å². The molecule has 57 heavy (non-hydrogen) atoms. The topological polar surface area (TPSA) is 160 Å². The second-order valence-electron chi connectivity index (χ2n) is 16.4. The Morgan fingerprint density at radius 3 is 1.74 bits per heavy atom. The molecule has 2 aromatic rings. The van der Waals surface area contributed by atoms with Crippen LogP contribution in [0.15, 0.2) is 48.5 Å². The van der Waals surface area contributed by atoms with E-state index in [0.29, 0.717) is 25.8 Å². The molecular weight excluding hydrogens is 723 g/mol. The van der Waals surface area contributed by atoms with Gasteiger partial charge in [0, 0.05) is 25.3 Å². The molecule has 1 aliphatic rings. The van der Waals surface area contributed by atoms with Gasteiger partial charge in [-0.05, 0) is 75.1 Å². The third-order valence-electron chi connectivity index (χ3n) is 10.4. The molecule has 0 saturated heterocycles. The van der Waals surface area contributed by atoms with Gasteiger partial charge >= 0.3 is 18.0 Å². The van der Waals surface area contributed by atoms with Crippen molar-refractivity contribution in [2.24, 2.45) is 0 Å². The number of esters is 1. The fraction of sp³-hybridized carbons (Fsp3) is 0.630. The molecule has 11 nitrogen and oxygen atoms in total. The molecule has 0 aromatic heterocycles. The second-order valence-corrected chi connectivity index (χ2v) is 16.4. The highest BCUT2D eigenvalue weighted by molar-refractivity contribution is 5.85. The summed E-state index contributed by atoms with van der Waals surface area (Å²) in [6.07, 6.45) is 16.5. The van der Waals surface area contributed by atoms with Gasteiger partial charge in [-0.15, -0.1) is 0 Å². The first-order valence-corrected chi connectivity index (χ1v) is 21.5. The summed E-state index contributed by atoms with van der Waals surface area (Å²) in [5, 5.41) is 17.8. The van der Waals surface area contributed by atoms with Crippen LogP contribution in [0.1, 0.15) is 167 Å². The van der Waals surface area contributed by atoms with Crippen LogP contribution in [0, 0.1) is 0 Å². The first-order valence-electron chi connectivity index (χ1n) is 21.5. The number of benzene rings is 2. The fourth-order valence-corrected chi connectivity index (χ4v) is 7.30. The monoisotopic (exact) mass is 792 g/mol. The van der Waals surface area contributed by atoms with E-state index in [4.69, 9.17) is 9.47 Å². The van der Waals surface area contributed by atoms with Gasteiger partial charge in [-0.25, -0.2) is 14.4 Å². The number of unbranched alkanes of at least 4 members (excludes halogenated alkanes) is 13. The maximum Gasteiger partial charge on any atom is 0.407 e. The summed E-state index contributed by atoms with van der Waals surface area (Å²) in [5.74, 6) is -2.40. The minimum atomic E-state index is -1.17. The Morgan fingerprint density at radius 1 is 0.649 bits per heavy atom. The molecular formula is C46H69N3O8. The SMILES string of the molecule is CCCCCCCCCCCCCCCC(=O)N[C@H](CCC(=O)NCCCC[C@H](NC(=O)OCC1c2ccccc2-c2ccccc21)C(=O)O)C(=O)OC(C)(C)C. The highest BCUT2D eigenvalue weighted by Crippen LogP contribution is 2.44. The predicted octanol–water partition coefficient (Wildman–Crippen LogP) is 9.35. The third kappa shape index (κ3) is 18.2. The quantitative estimate of drug-likeness (QED) is 0.0490. The van der Waals surface area contributed by atoms with Gasteiger partial charge in [0.2, 0.25) is 11.8 Å². The van der Waals surface area contributed by atoms with E-state index < -0.39 is 35.7 Å². The molecule has 0 bridgehead atoms. The van der Waals surface area contributed by atoms with E-state index in [1.54, 1.807) is 20.8 Å². The van der Waals surface area contributed by atoms with Crippen molar-refractivity contribution in [3.05, 3.63) is 59.7 Å². The number of aliphatic carboxylic acids is 1. The minimum Gasteiger partial charge on any atom is -0.480 e. The number of hydrogen-bond acceptors (Lipinski definition) is 7. The summed E-state index contributed by atoms with van der Waals surface area (Å²) in [5.41, 5.74) is 3.58. The third-order valence-corrected chi connectivity index (χ3v) is 10.4. The van der Waals surface area contributed by atoms with E-state index in [2.05, 4.69) is 22.9 Å². The molecule has 0 spiro atoms. The van der Waals surface area contributed by atoms with Crippen LogP contribution in [0.4, 0.5) is 4.79 Å². The number of fused-ring (bicyclic) bond motifs is 3. The molecule has 0 unspecified atom stereocenters. The molecule has 11 heteroatoms. The molecule has 1 aliphatic carbocycles. The van der Waals surface area contributed by atoms with E-state index in [9.17, 15) is 29.1 Å². The normalized spacial score (nSPS) is 13.2. The van der Waals surface area contributed by atoms with E-state index in [0.717, 1.165) is 41.5 Å². The number of carbonyl (C=O) groups is 5. The van der Waals surface area contributed by atoms with Gasteiger partial charge in [-0.1, -0.05) is 133 Å². The number of alkyl carbamates (subject to hydrolysis) is 1. The van der Waals surface area contributed by atoms with Crippen LogP contribution in [0.2, 0.25) is 0 Å². The van der Waals surface area contributed by atoms with Gasteiger partial charge in [0.25, 0.3) is 0 Å². The van der Waals surface area contributed by atoms with Gasteiger partial charge < -0.3 is 30.5 Å². The van der Waals surface area contributed by atoms with E-state index >= 15 is 0 Å². The molecule has 316 valence electrons. The molecule has 3 amide bonds. The minimum absolute atomic E-state index is 0.00399. The van der Waals surface area contributed by atoms with E-state index in [1.807, 2.05) is 48.5 Å². The average molecular weight is 792 g/mol. The molecule has 4 N–H and O–H groups in total. The van der Waals surface area contributed by atoms with Crippen LogP contribution in [0.25, 0.3) is 11.1 Å². The van der Waals surface area contributed by atoms with E-state index in [1.165, 1.54) is 64.2 Å². The molecule has 0 fully saturated rings. The van der Waals surface area contributed by atoms with Crippen molar-refractivity contribution in [3.63, 3.8) is 0 Å². The van der Waals surface area contributed by atoms with Crippen molar-refractivity contribution >= 4 is 29.8 Å². The number of carboxylic acids is 1. The molecule has 0 saturated carbocycles. The first kappa shape index (κ1) is 47.0. The van der Waals surface area contributed by atoms with Crippen molar-refractivity contribution in [1.29, 1.82) is 0 Å². The number of amides is 3. The lowest BCUT2D eigenvalue weighted by molar-refractivity contribution is -0.159. The predicted molar refractivity (Wildman–Crippen MR) is 224 cm³/mol. The lowest BCUT2D eigenvalue weighted by Gasteiger charge is -2.24. The molecule has 2 atom stereocenters. The van der Waals surface area contributed by atoms with Crippen LogP contribution < -0.4 is 16.0 Å².